The fraction of sp³-hybridized carbons (Fsp3) is 0.583. The van der Waals surface area contributed by atoms with Crippen LogP contribution < -0.4 is 10.6 Å². The van der Waals surface area contributed by atoms with Gasteiger partial charge in [0.2, 0.25) is 5.95 Å². The monoisotopic (exact) mass is 247 g/mol. The Morgan fingerprint density at radius 2 is 2.39 bits per heavy atom. The molecule has 0 bridgehead atoms. The molecule has 0 radical (unpaired) electrons. The fourth-order valence-corrected chi connectivity index (χ4v) is 2.81. The van der Waals surface area contributed by atoms with Gasteiger partial charge in [-0.25, -0.2) is 9.97 Å². The van der Waals surface area contributed by atoms with Crippen molar-refractivity contribution in [2.45, 2.75) is 31.4 Å². The van der Waals surface area contributed by atoms with E-state index in [9.17, 15) is 0 Å². The zero-order chi connectivity index (χ0) is 12.5. The van der Waals surface area contributed by atoms with Gasteiger partial charge in [-0.3, -0.25) is 5.41 Å². The first-order valence-electron chi connectivity index (χ1n) is 6.31. The highest BCUT2D eigenvalue weighted by atomic mass is 16.5. The van der Waals surface area contributed by atoms with Crippen molar-refractivity contribution in [3.05, 3.63) is 18.0 Å². The number of rotatable bonds is 2. The average molecular weight is 247 g/mol. The number of nitrogen functional groups attached to an aromatic ring is 1. The zero-order valence-corrected chi connectivity index (χ0v) is 10.2. The maximum absolute atomic E-state index is 7.44. The second-order valence-electron chi connectivity index (χ2n) is 4.76. The van der Waals surface area contributed by atoms with E-state index in [0.29, 0.717) is 23.8 Å². The lowest BCUT2D eigenvalue weighted by Crippen LogP contribution is -2.49. The van der Waals surface area contributed by atoms with Crippen LogP contribution in [-0.4, -0.2) is 41.1 Å². The molecule has 6 heteroatoms. The van der Waals surface area contributed by atoms with Gasteiger partial charge in [0.15, 0.2) is 0 Å². The Morgan fingerprint density at radius 1 is 1.50 bits per heavy atom. The molecule has 96 valence electrons. The molecule has 1 aromatic heterocycles. The number of ether oxygens (including phenoxy) is 1. The van der Waals surface area contributed by atoms with Crippen molar-refractivity contribution >= 4 is 11.8 Å². The lowest BCUT2D eigenvalue weighted by atomic mass is 10.1. The van der Waals surface area contributed by atoms with Crippen molar-refractivity contribution in [2.75, 3.05) is 18.1 Å². The zero-order valence-electron chi connectivity index (χ0n) is 10.2. The van der Waals surface area contributed by atoms with Crippen LogP contribution in [-0.2, 0) is 4.74 Å². The molecule has 2 aliphatic rings. The minimum Gasteiger partial charge on any atom is -0.382 e. The largest absolute Gasteiger partial charge is 0.382 e. The summed E-state index contributed by atoms with van der Waals surface area (Å²) in [4.78, 5) is 10.9. The number of hydrogen-bond donors (Lipinski definition) is 2. The van der Waals surface area contributed by atoms with Crippen LogP contribution in [0.15, 0.2) is 12.3 Å². The van der Waals surface area contributed by atoms with E-state index >= 15 is 0 Å². The first kappa shape index (κ1) is 11.4. The third kappa shape index (κ3) is 1.92. The van der Waals surface area contributed by atoms with Crippen LogP contribution in [0.5, 0.6) is 0 Å². The summed E-state index contributed by atoms with van der Waals surface area (Å²) in [7, 11) is 0. The molecule has 2 fully saturated rings. The standard InChI is InChI=1S/C12H17N5O/c13-11(14)8-4-5-15-12(16-8)17-6-7-18-10-3-1-2-9(10)17/h4-5,9-10H,1-3,6-7H2,(H3,13,14). The quantitative estimate of drug-likeness (QED) is 0.587. The third-order valence-electron chi connectivity index (χ3n) is 3.66. The molecule has 1 saturated carbocycles. The smallest absolute Gasteiger partial charge is 0.226 e. The van der Waals surface area contributed by atoms with Gasteiger partial charge in [-0.15, -0.1) is 0 Å². The fourth-order valence-electron chi connectivity index (χ4n) is 2.81. The van der Waals surface area contributed by atoms with Gasteiger partial charge >= 0.3 is 0 Å². The summed E-state index contributed by atoms with van der Waals surface area (Å²) in [6, 6.07) is 2.04. The Balaban J connectivity index is 1.89. The van der Waals surface area contributed by atoms with E-state index in [1.807, 2.05) is 0 Å². The molecule has 1 saturated heterocycles. The maximum Gasteiger partial charge on any atom is 0.226 e. The summed E-state index contributed by atoms with van der Waals surface area (Å²) >= 11 is 0. The highest BCUT2D eigenvalue weighted by Crippen LogP contribution is 2.31. The van der Waals surface area contributed by atoms with E-state index in [1.165, 1.54) is 6.42 Å². The van der Waals surface area contributed by atoms with E-state index in [1.54, 1.807) is 12.3 Å². The number of fused-ring (bicyclic) bond motifs is 1. The summed E-state index contributed by atoms with van der Waals surface area (Å²) in [5, 5.41) is 7.44. The van der Waals surface area contributed by atoms with Gasteiger partial charge < -0.3 is 15.4 Å². The number of nitrogens with two attached hydrogens (primary N) is 1. The van der Waals surface area contributed by atoms with E-state index in [4.69, 9.17) is 15.9 Å². The molecule has 0 amide bonds. The molecule has 3 N–H and O–H groups in total. The van der Waals surface area contributed by atoms with E-state index in [-0.39, 0.29) is 5.84 Å². The first-order chi connectivity index (χ1) is 8.75. The van der Waals surface area contributed by atoms with E-state index in [0.717, 1.165) is 26.0 Å². The molecular formula is C12H17N5O. The van der Waals surface area contributed by atoms with Gasteiger partial charge in [-0.1, -0.05) is 0 Å². The molecule has 1 aliphatic carbocycles. The van der Waals surface area contributed by atoms with Crippen molar-refractivity contribution in [1.29, 1.82) is 5.41 Å². The Bertz CT molecular complexity index is 464. The number of aromatic nitrogens is 2. The van der Waals surface area contributed by atoms with Gasteiger partial charge in [-0.2, -0.15) is 0 Å². The number of hydrogen-bond acceptors (Lipinski definition) is 5. The maximum atomic E-state index is 7.44. The Labute approximate surface area is 106 Å². The van der Waals surface area contributed by atoms with Crippen molar-refractivity contribution in [3.8, 4) is 0 Å². The normalized spacial score (nSPS) is 27.0. The van der Waals surface area contributed by atoms with Gasteiger partial charge in [0, 0.05) is 12.7 Å². The Kier molecular flexibility index (Phi) is 2.87. The molecule has 3 rings (SSSR count). The number of nitrogens with zero attached hydrogens (tertiary/aromatic N) is 3. The van der Waals surface area contributed by atoms with Gasteiger partial charge in [-0.05, 0) is 25.3 Å². The highest BCUT2D eigenvalue weighted by Gasteiger charge is 2.37. The van der Waals surface area contributed by atoms with Crippen LogP contribution in [0, 0.1) is 5.41 Å². The van der Waals surface area contributed by atoms with Crippen molar-refractivity contribution in [1.82, 2.24) is 9.97 Å². The predicted molar refractivity (Wildman–Crippen MR) is 67.8 cm³/mol. The van der Waals surface area contributed by atoms with Crippen LogP contribution >= 0.6 is 0 Å². The lowest BCUT2D eigenvalue weighted by Gasteiger charge is -2.37. The molecule has 2 heterocycles. The summed E-state index contributed by atoms with van der Waals surface area (Å²) in [6.45, 7) is 1.53. The summed E-state index contributed by atoms with van der Waals surface area (Å²) < 4.78 is 5.77. The SMILES string of the molecule is N=C(N)c1ccnc(N2CCOC3CCCC32)n1. The topological polar surface area (TPSA) is 88.1 Å². The minimum absolute atomic E-state index is 0.0186. The highest BCUT2D eigenvalue weighted by molar-refractivity contribution is 5.93. The molecule has 2 unspecified atom stereocenters. The molecular weight excluding hydrogens is 230 g/mol. The van der Waals surface area contributed by atoms with Gasteiger partial charge in [0.25, 0.3) is 0 Å². The Morgan fingerprint density at radius 3 is 3.22 bits per heavy atom. The number of morpholine rings is 1. The average Bonchev–Trinajstić information content (AvgIpc) is 2.87. The van der Waals surface area contributed by atoms with Crippen LogP contribution in [0.4, 0.5) is 5.95 Å². The molecule has 6 nitrogen and oxygen atoms in total. The van der Waals surface area contributed by atoms with Crippen LogP contribution in [0.2, 0.25) is 0 Å². The minimum atomic E-state index is -0.0186. The number of amidine groups is 1. The van der Waals surface area contributed by atoms with Gasteiger partial charge in [0.05, 0.1) is 18.8 Å². The van der Waals surface area contributed by atoms with Crippen molar-refractivity contribution in [3.63, 3.8) is 0 Å². The van der Waals surface area contributed by atoms with E-state index < -0.39 is 0 Å². The van der Waals surface area contributed by atoms with Gasteiger partial charge in [0.1, 0.15) is 11.5 Å². The summed E-state index contributed by atoms with van der Waals surface area (Å²) in [6.07, 6.45) is 5.41. The summed E-state index contributed by atoms with van der Waals surface area (Å²) in [5.41, 5.74) is 5.96. The second kappa shape index (κ2) is 4.53. The molecule has 0 spiro atoms. The molecule has 1 aliphatic heterocycles. The second-order valence-corrected chi connectivity index (χ2v) is 4.76. The lowest BCUT2D eigenvalue weighted by molar-refractivity contribution is 0.0250. The van der Waals surface area contributed by atoms with Crippen molar-refractivity contribution < 1.29 is 4.74 Å². The molecule has 2 atom stereocenters. The number of anilines is 1. The number of nitrogens with one attached hydrogen (secondary N) is 1. The molecule has 1 aromatic rings. The van der Waals surface area contributed by atoms with Crippen LogP contribution in [0.3, 0.4) is 0 Å². The molecule has 0 aromatic carbocycles. The predicted octanol–water partition coefficient (Wildman–Crippen LogP) is 0.518. The third-order valence-corrected chi connectivity index (χ3v) is 3.66. The van der Waals surface area contributed by atoms with Crippen LogP contribution in [0.1, 0.15) is 25.0 Å². The Hall–Kier alpha value is -1.69. The molecule has 18 heavy (non-hydrogen) atoms. The van der Waals surface area contributed by atoms with E-state index in [2.05, 4.69) is 14.9 Å². The first-order valence-corrected chi connectivity index (χ1v) is 6.31. The van der Waals surface area contributed by atoms with Crippen molar-refractivity contribution in [2.24, 2.45) is 5.73 Å². The summed E-state index contributed by atoms with van der Waals surface area (Å²) in [5.74, 6) is 0.651. The van der Waals surface area contributed by atoms with Crippen LogP contribution in [0.25, 0.3) is 0 Å².